The first-order chi connectivity index (χ1) is 9.18. The molecule has 0 aromatic carbocycles. The molecule has 0 aromatic heterocycles. The monoisotopic (exact) mass is 264 g/mol. The van der Waals surface area contributed by atoms with Gasteiger partial charge in [-0.3, -0.25) is 0 Å². The number of ether oxygens (including phenoxy) is 2. The van der Waals surface area contributed by atoms with E-state index in [1.165, 1.54) is 25.7 Å². The van der Waals surface area contributed by atoms with Crippen LogP contribution in [0.1, 0.15) is 52.4 Å². The molecule has 0 aromatic rings. The third-order valence-corrected chi connectivity index (χ3v) is 5.90. The molecule has 4 atom stereocenters. The third kappa shape index (κ3) is 2.75. The lowest BCUT2D eigenvalue weighted by Crippen LogP contribution is -2.37. The zero-order valence-electron chi connectivity index (χ0n) is 12.4. The average Bonchev–Trinajstić information content (AvgIpc) is 3.10. The molecule has 19 heavy (non-hydrogen) atoms. The summed E-state index contributed by atoms with van der Waals surface area (Å²) in [5, 5.41) is 0. The lowest BCUT2D eigenvalue weighted by atomic mass is 9.71. The molecule has 4 unspecified atom stereocenters. The molecule has 2 bridgehead atoms. The van der Waals surface area contributed by atoms with Crippen LogP contribution in [0.4, 0.5) is 0 Å². The van der Waals surface area contributed by atoms with Crippen LogP contribution in [-0.2, 0) is 9.47 Å². The van der Waals surface area contributed by atoms with E-state index in [-0.39, 0.29) is 0 Å². The Kier molecular flexibility index (Phi) is 4.00. The van der Waals surface area contributed by atoms with Crippen molar-refractivity contribution < 1.29 is 9.47 Å². The maximum absolute atomic E-state index is 6.10. The summed E-state index contributed by atoms with van der Waals surface area (Å²) in [6.45, 7) is 6.23. The van der Waals surface area contributed by atoms with Crippen LogP contribution in [-0.4, -0.2) is 25.4 Å². The minimum absolute atomic E-state index is 0.383. The molecule has 0 spiro atoms. The van der Waals surface area contributed by atoms with Crippen molar-refractivity contribution in [2.45, 2.75) is 64.6 Å². The van der Waals surface area contributed by atoms with Gasteiger partial charge in [0.05, 0.1) is 25.4 Å². The largest absolute Gasteiger partial charge is 0.376 e. The highest BCUT2D eigenvalue weighted by molar-refractivity contribution is 5.00. The van der Waals surface area contributed by atoms with E-state index in [9.17, 15) is 0 Å². The van der Waals surface area contributed by atoms with Gasteiger partial charge in [-0.15, -0.1) is 0 Å². The SMILES string of the molecule is CC(OCCOC1CC=CC1)C1(C)CC2CCC1C2. The zero-order valence-corrected chi connectivity index (χ0v) is 12.4. The molecule has 0 radical (unpaired) electrons. The van der Waals surface area contributed by atoms with E-state index in [0.717, 1.165) is 37.9 Å². The number of rotatable bonds is 6. The molecule has 0 heterocycles. The van der Waals surface area contributed by atoms with Crippen molar-refractivity contribution in [3.05, 3.63) is 12.2 Å². The first-order valence-electron chi connectivity index (χ1n) is 8.06. The number of hydrogen-bond acceptors (Lipinski definition) is 2. The van der Waals surface area contributed by atoms with E-state index in [1.54, 1.807) is 0 Å². The van der Waals surface area contributed by atoms with Gasteiger partial charge < -0.3 is 9.47 Å². The Morgan fingerprint density at radius 1 is 1.21 bits per heavy atom. The average molecular weight is 264 g/mol. The minimum atomic E-state index is 0.383. The van der Waals surface area contributed by atoms with Crippen molar-refractivity contribution in [2.75, 3.05) is 13.2 Å². The summed E-state index contributed by atoms with van der Waals surface area (Å²) in [5.74, 6) is 1.90. The molecule has 108 valence electrons. The smallest absolute Gasteiger partial charge is 0.0704 e. The molecule has 3 rings (SSSR count). The van der Waals surface area contributed by atoms with Crippen molar-refractivity contribution in [3.8, 4) is 0 Å². The first-order valence-corrected chi connectivity index (χ1v) is 8.06. The van der Waals surface area contributed by atoms with E-state index in [0.29, 0.717) is 17.6 Å². The van der Waals surface area contributed by atoms with Crippen molar-refractivity contribution >= 4 is 0 Å². The molecule has 2 heteroatoms. The van der Waals surface area contributed by atoms with E-state index in [2.05, 4.69) is 26.0 Å². The lowest BCUT2D eigenvalue weighted by Gasteiger charge is -2.39. The third-order valence-electron chi connectivity index (χ3n) is 5.90. The van der Waals surface area contributed by atoms with Crippen LogP contribution < -0.4 is 0 Å². The number of fused-ring (bicyclic) bond motifs is 2. The van der Waals surface area contributed by atoms with Crippen LogP contribution in [0.15, 0.2) is 12.2 Å². The highest BCUT2D eigenvalue weighted by Crippen LogP contribution is 2.57. The predicted molar refractivity (Wildman–Crippen MR) is 77.1 cm³/mol. The van der Waals surface area contributed by atoms with E-state index < -0.39 is 0 Å². The van der Waals surface area contributed by atoms with Gasteiger partial charge in [0.2, 0.25) is 0 Å². The second-order valence-corrected chi connectivity index (χ2v) is 7.03. The Balaban J connectivity index is 1.38. The van der Waals surface area contributed by atoms with E-state index in [1.807, 2.05) is 0 Å². The lowest BCUT2D eigenvalue weighted by molar-refractivity contribution is -0.0738. The predicted octanol–water partition coefficient (Wildman–Crippen LogP) is 3.95. The van der Waals surface area contributed by atoms with Crippen molar-refractivity contribution in [1.29, 1.82) is 0 Å². The van der Waals surface area contributed by atoms with E-state index >= 15 is 0 Å². The highest BCUT2D eigenvalue weighted by atomic mass is 16.5. The van der Waals surface area contributed by atoms with Crippen LogP contribution in [0.25, 0.3) is 0 Å². The fourth-order valence-corrected chi connectivity index (χ4v) is 4.50. The van der Waals surface area contributed by atoms with Crippen molar-refractivity contribution in [1.82, 2.24) is 0 Å². The standard InChI is InChI=1S/C17H28O2/c1-13(17(2)12-14-7-8-15(17)11-14)18-9-10-19-16-5-3-4-6-16/h3-4,13-16H,5-12H2,1-2H3. The molecule has 0 amide bonds. The molecule has 0 aliphatic heterocycles. The van der Waals surface area contributed by atoms with Crippen LogP contribution in [0.3, 0.4) is 0 Å². The quantitative estimate of drug-likeness (QED) is 0.534. The van der Waals surface area contributed by atoms with Crippen LogP contribution in [0.5, 0.6) is 0 Å². The summed E-state index contributed by atoms with van der Waals surface area (Å²) in [6, 6.07) is 0. The summed E-state index contributed by atoms with van der Waals surface area (Å²) in [5.41, 5.74) is 0.428. The van der Waals surface area contributed by atoms with Crippen LogP contribution in [0.2, 0.25) is 0 Å². The van der Waals surface area contributed by atoms with E-state index in [4.69, 9.17) is 9.47 Å². The molecular formula is C17H28O2. The Morgan fingerprint density at radius 2 is 2.00 bits per heavy atom. The molecule has 0 saturated heterocycles. The van der Waals surface area contributed by atoms with Gasteiger partial charge in [0.1, 0.15) is 0 Å². The van der Waals surface area contributed by atoms with Gasteiger partial charge in [-0.1, -0.05) is 25.5 Å². The minimum Gasteiger partial charge on any atom is -0.376 e. The van der Waals surface area contributed by atoms with Gasteiger partial charge in [0, 0.05) is 0 Å². The highest BCUT2D eigenvalue weighted by Gasteiger charge is 2.50. The summed E-state index contributed by atoms with van der Waals surface area (Å²) in [4.78, 5) is 0. The maximum atomic E-state index is 6.10. The Bertz CT molecular complexity index is 330. The molecule has 2 saturated carbocycles. The van der Waals surface area contributed by atoms with Gasteiger partial charge in [-0.05, 0) is 56.3 Å². The first kappa shape index (κ1) is 13.6. The second-order valence-electron chi connectivity index (χ2n) is 7.03. The van der Waals surface area contributed by atoms with Gasteiger partial charge in [-0.2, -0.15) is 0 Å². The molecular weight excluding hydrogens is 236 g/mol. The summed E-state index contributed by atoms with van der Waals surface area (Å²) >= 11 is 0. The fourth-order valence-electron chi connectivity index (χ4n) is 4.50. The van der Waals surface area contributed by atoms with Crippen molar-refractivity contribution in [2.24, 2.45) is 17.3 Å². The summed E-state index contributed by atoms with van der Waals surface area (Å²) in [6.07, 6.45) is 13.1. The fraction of sp³-hybridized carbons (Fsp3) is 0.882. The zero-order chi connectivity index (χ0) is 13.3. The molecule has 3 aliphatic carbocycles. The summed E-state index contributed by atoms with van der Waals surface area (Å²) < 4.78 is 11.9. The van der Waals surface area contributed by atoms with Crippen molar-refractivity contribution in [3.63, 3.8) is 0 Å². The number of hydrogen-bond donors (Lipinski definition) is 0. The van der Waals surface area contributed by atoms with Crippen LogP contribution >= 0.6 is 0 Å². The Morgan fingerprint density at radius 3 is 2.63 bits per heavy atom. The van der Waals surface area contributed by atoms with Gasteiger partial charge in [0.15, 0.2) is 0 Å². The Hall–Kier alpha value is -0.340. The Labute approximate surface area is 117 Å². The summed E-state index contributed by atoms with van der Waals surface area (Å²) in [7, 11) is 0. The van der Waals surface area contributed by atoms with Crippen LogP contribution in [0, 0.1) is 17.3 Å². The molecule has 3 aliphatic rings. The van der Waals surface area contributed by atoms with Gasteiger partial charge >= 0.3 is 0 Å². The van der Waals surface area contributed by atoms with Gasteiger partial charge in [-0.25, -0.2) is 0 Å². The molecule has 2 fully saturated rings. The molecule has 0 N–H and O–H groups in total. The molecule has 2 nitrogen and oxygen atoms in total. The van der Waals surface area contributed by atoms with Gasteiger partial charge in [0.25, 0.3) is 0 Å². The second kappa shape index (κ2) is 5.57. The topological polar surface area (TPSA) is 18.5 Å². The maximum Gasteiger partial charge on any atom is 0.0704 e. The normalized spacial score (nSPS) is 39.3.